The summed E-state index contributed by atoms with van der Waals surface area (Å²) in [6.07, 6.45) is 0. The van der Waals surface area contributed by atoms with E-state index in [1.165, 1.54) is 5.56 Å². The molecule has 0 radical (unpaired) electrons. The van der Waals surface area contributed by atoms with Gasteiger partial charge in [0.1, 0.15) is 11.5 Å². The van der Waals surface area contributed by atoms with Crippen LogP contribution in [0.15, 0.2) is 12.1 Å². The Labute approximate surface area is 196 Å². The topological polar surface area (TPSA) is 27.7 Å². The fourth-order valence-corrected chi connectivity index (χ4v) is 12.2. The summed E-state index contributed by atoms with van der Waals surface area (Å²) >= 11 is 0. The van der Waals surface area contributed by atoms with E-state index in [-0.39, 0.29) is 0 Å². The lowest BCUT2D eigenvalue weighted by molar-refractivity contribution is 0.435. The fourth-order valence-electron chi connectivity index (χ4n) is 4.54. The van der Waals surface area contributed by atoms with Crippen LogP contribution >= 0.6 is 0 Å². The zero-order valence-electron chi connectivity index (χ0n) is 22.2. The third-order valence-corrected chi connectivity index (χ3v) is 21.5. The molecule has 1 aromatic rings. The van der Waals surface area contributed by atoms with Crippen LogP contribution in [0.5, 0.6) is 17.2 Å². The van der Waals surface area contributed by atoms with Crippen molar-refractivity contribution in [3.8, 4) is 17.2 Å². The third-order valence-electron chi connectivity index (χ3n) is 7.94. The van der Waals surface area contributed by atoms with Crippen LogP contribution in [0.1, 0.15) is 67.9 Å². The van der Waals surface area contributed by atoms with Gasteiger partial charge >= 0.3 is 0 Å². The van der Waals surface area contributed by atoms with Crippen LogP contribution in [0.2, 0.25) is 54.4 Å². The number of hydrogen-bond donors (Lipinski definition) is 0. The molecule has 0 atom stereocenters. The molecule has 0 aromatic heterocycles. The average molecular weight is 483 g/mol. The molecule has 0 aliphatic carbocycles. The van der Waals surface area contributed by atoms with Gasteiger partial charge in [0.05, 0.1) is 0 Å². The summed E-state index contributed by atoms with van der Waals surface area (Å²) in [6.45, 7) is 22.8. The average Bonchev–Trinajstić information content (AvgIpc) is 2.81. The molecule has 0 saturated carbocycles. The Kier molecular flexibility index (Phi) is 11.4. The lowest BCUT2D eigenvalue weighted by atomic mass is 10.2. The summed E-state index contributed by atoms with van der Waals surface area (Å²) in [6, 6.07) is 14.5. The molecule has 180 valence electrons. The molecule has 0 bridgehead atoms. The van der Waals surface area contributed by atoms with E-state index in [9.17, 15) is 0 Å². The Hall–Kier alpha value is -0.729. The van der Waals surface area contributed by atoms with Gasteiger partial charge in [-0.2, -0.15) is 0 Å². The zero-order valence-corrected chi connectivity index (χ0v) is 25.2. The molecule has 0 saturated heterocycles. The second-order valence-corrected chi connectivity index (χ2v) is 23.2. The maximum absolute atomic E-state index is 7.06. The Bertz CT molecular complexity index is 598. The van der Waals surface area contributed by atoms with E-state index in [4.69, 9.17) is 13.3 Å². The van der Waals surface area contributed by atoms with E-state index in [0.717, 1.165) is 71.6 Å². The summed E-state index contributed by atoms with van der Waals surface area (Å²) in [5, 5.41) is 0. The van der Waals surface area contributed by atoms with E-state index in [0.29, 0.717) is 0 Å². The van der Waals surface area contributed by atoms with Crippen molar-refractivity contribution in [2.75, 3.05) is 0 Å². The minimum atomic E-state index is -1.88. The highest BCUT2D eigenvalue weighted by molar-refractivity contribution is 6.75. The van der Waals surface area contributed by atoms with E-state index < -0.39 is 25.0 Å². The highest BCUT2D eigenvalue weighted by Crippen LogP contribution is 2.45. The van der Waals surface area contributed by atoms with E-state index in [2.05, 4.69) is 81.4 Å². The van der Waals surface area contributed by atoms with E-state index >= 15 is 0 Å². The van der Waals surface area contributed by atoms with Gasteiger partial charge in [0, 0.05) is 0 Å². The lowest BCUT2D eigenvalue weighted by Crippen LogP contribution is -2.43. The van der Waals surface area contributed by atoms with Gasteiger partial charge in [-0.25, -0.2) is 0 Å². The van der Waals surface area contributed by atoms with E-state index in [1.807, 2.05) is 0 Å². The van der Waals surface area contributed by atoms with Gasteiger partial charge in [0.15, 0.2) is 5.75 Å². The van der Waals surface area contributed by atoms with Crippen molar-refractivity contribution in [3.63, 3.8) is 0 Å². The van der Waals surface area contributed by atoms with Gasteiger partial charge < -0.3 is 13.3 Å². The normalized spacial score (nSPS) is 12.7. The van der Waals surface area contributed by atoms with Gasteiger partial charge in [0.25, 0.3) is 25.0 Å². The Morgan fingerprint density at radius 3 is 1.00 bits per heavy atom. The fraction of sp³-hybridized carbons (Fsp3) is 0.760. The van der Waals surface area contributed by atoms with Crippen LogP contribution in [0, 0.1) is 6.92 Å². The third kappa shape index (κ3) is 6.64. The molecule has 1 rings (SSSR count). The molecule has 1 aromatic carbocycles. The van der Waals surface area contributed by atoms with Crippen molar-refractivity contribution >= 4 is 25.0 Å². The van der Waals surface area contributed by atoms with Crippen LogP contribution in [0.3, 0.4) is 0 Å². The van der Waals surface area contributed by atoms with Gasteiger partial charge in [-0.05, 0) is 79.0 Å². The molecule has 0 unspecified atom stereocenters. The van der Waals surface area contributed by atoms with Crippen molar-refractivity contribution in [1.29, 1.82) is 0 Å². The van der Waals surface area contributed by atoms with Crippen molar-refractivity contribution in [2.24, 2.45) is 0 Å². The van der Waals surface area contributed by atoms with Crippen molar-refractivity contribution in [2.45, 2.75) is 124 Å². The van der Waals surface area contributed by atoms with Crippen LogP contribution in [-0.4, -0.2) is 25.0 Å². The Morgan fingerprint density at radius 2 is 0.742 bits per heavy atom. The van der Waals surface area contributed by atoms with Crippen LogP contribution in [-0.2, 0) is 0 Å². The first-order valence-electron chi connectivity index (χ1n) is 12.9. The smallest absolute Gasteiger partial charge is 0.250 e. The Morgan fingerprint density at radius 1 is 0.484 bits per heavy atom. The van der Waals surface area contributed by atoms with Crippen LogP contribution < -0.4 is 13.3 Å². The second kappa shape index (κ2) is 12.5. The highest BCUT2D eigenvalue weighted by atomic mass is 28.4. The number of hydrogen-bond acceptors (Lipinski definition) is 3. The molecule has 0 heterocycles. The first kappa shape index (κ1) is 28.3. The molecule has 0 fully saturated rings. The van der Waals surface area contributed by atoms with Gasteiger partial charge in [-0.1, -0.05) is 62.3 Å². The molecule has 0 aliphatic rings. The molecular formula is C25H50O3Si3. The maximum Gasteiger partial charge on any atom is 0.250 e. The van der Waals surface area contributed by atoms with Crippen LogP contribution in [0.4, 0.5) is 0 Å². The molecule has 3 nitrogen and oxygen atoms in total. The van der Waals surface area contributed by atoms with Gasteiger partial charge in [-0.15, -0.1) is 0 Å². The van der Waals surface area contributed by atoms with Gasteiger partial charge in [0.2, 0.25) is 0 Å². The minimum absolute atomic E-state index is 0.919. The monoisotopic (exact) mass is 482 g/mol. The van der Waals surface area contributed by atoms with Crippen molar-refractivity contribution in [1.82, 2.24) is 0 Å². The van der Waals surface area contributed by atoms with Crippen LogP contribution in [0.25, 0.3) is 0 Å². The summed E-state index contributed by atoms with van der Waals surface area (Å²) in [4.78, 5) is 0. The molecule has 6 heteroatoms. The van der Waals surface area contributed by atoms with Gasteiger partial charge in [-0.3, -0.25) is 0 Å². The number of aryl methyl sites for hydroxylation is 1. The predicted octanol–water partition coefficient (Wildman–Crippen LogP) is 9.15. The molecule has 0 spiro atoms. The minimum Gasteiger partial charge on any atom is -0.541 e. The largest absolute Gasteiger partial charge is 0.541 e. The van der Waals surface area contributed by atoms with E-state index in [1.54, 1.807) is 0 Å². The molecule has 31 heavy (non-hydrogen) atoms. The lowest BCUT2D eigenvalue weighted by Gasteiger charge is -2.36. The highest BCUT2D eigenvalue weighted by Gasteiger charge is 2.38. The van der Waals surface area contributed by atoms with Crippen molar-refractivity contribution < 1.29 is 13.3 Å². The quantitative estimate of drug-likeness (QED) is 0.233. The van der Waals surface area contributed by atoms with Crippen molar-refractivity contribution in [3.05, 3.63) is 17.7 Å². The Balaban J connectivity index is 3.70. The number of rotatable bonds is 15. The zero-order chi connectivity index (χ0) is 23.7. The summed E-state index contributed by atoms with van der Waals surface area (Å²) in [5.41, 5.74) is 1.20. The first-order chi connectivity index (χ1) is 14.7. The summed E-state index contributed by atoms with van der Waals surface area (Å²) in [5.74, 6) is 2.82. The number of benzene rings is 1. The standard InChI is InChI=1S/C25H50O3Si3/c1-11-29(12-2,13-3)26-23-20-22(10)21-24(27-30(14-4,15-5)16-6)25(23)28-31(17-7,18-8)19-9/h20-21H,11-19H2,1-10H3. The molecule has 0 aliphatic heterocycles. The predicted molar refractivity (Wildman–Crippen MR) is 145 cm³/mol. The molecule has 0 amide bonds. The SMILES string of the molecule is CC[Si](CC)(CC)Oc1cc(C)cc(O[Si](CC)(CC)CC)c1O[Si](CC)(CC)CC. The summed E-state index contributed by atoms with van der Waals surface area (Å²) < 4.78 is 21.0. The summed E-state index contributed by atoms with van der Waals surface area (Å²) in [7, 11) is -5.55. The molecule has 0 N–H and O–H groups in total. The second-order valence-electron chi connectivity index (χ2n) is 9.13. The first-order valence-corrected chi connectivity index (χ1v) is 20.5. The molecular weight excluding hydrogens is 433 g/mol. The maximum atomic E-state index is 7.06.